The summed E-state index contributed by atoms with van der Waals surface area (Å²) in [4.78, 5) is 21.9. The molecule has 0 saturated carbocycles. The first-order valence-electron chi connectivity index (χ1n) is 21.6. The standard InChI is InChI=1S/C54H75O3P/c1-20-21-22-39-44(40-29-33-23-25-37(49(2,3)4)27-35(33)31-42(40)51(8,9)10)46(53(14,15)16)48(57-58(55)56)47(54(17,18)19)45(39)41-30-34-24-26-38(50(5,6)7)28-36(34)32-43(41)52(11,12)13/h23-32,55-56H,20-22H2,1-19H3. The number of hydrogen-bond donors (Lipinski definition) is 2. The Morgan fingerprint density at radius 1 is 0.466 bits per heavy atom. The van der Waals surface area contributed by atoms with E-state index in [-0.39, 0.29) is 21.7 Å². The molecule has 0 bridgehead atoms. The molecule has 58 heavy (non-hydrogen) atoms. The van der Waals surface area contributed by atoms with Gasteiger partial charge in [-0.3, -0.25) is 0 Å². The van der Waals surface area contributed by atoms with Crippen LogP contribution in [-0.4, -0.2) is 9.79 Å². The van der Waals surface area contributed by atoms with Crippen LogP contribution in [0.2, 0.25) is 0 Å². The second kappa shape index (κ2) is 15.7. The van der Waals surface area contributed by atoms with E-state index in [1.165, 1.54) is 71.6 Å². The van der Waals surface area contributed by atoms with E-state index >= 15 is 0 Å². The molecule has 0 fully saturated rings. The van der Waals surface area contributed by atoms with Crippen molar-refractivity contribution in [3.05, 3.63) is 99.6 Å². The van der Waals surface area contributed by atoms with Gasteiger partial charge in [-0.1, -0.05) is 174 Å². The van der Waals surface area contributed by atoms with Gasteiger partial charge in [0.05, 0.1) is 0 Å². The van der Waals surface area contributed by atoms with Gasteiger partial charge in [0.25, 0.3) is 0 Å². The molecule has 0 aliphatic heterocycles. The Morgan fingerprint density at radius 2 is 0.845 bits per heavy atom. The van der Waals surface area contributed by atoms with Crippen LogP contribution in [0.25, 0.3) is 43.8 Å². The summed E-state index contributed by atoms with van der Waals surface area (Å²) < 4.78 is 6.52. The van der Waals surface area contributed by atoms with Crippen LogP contribution in [0.5, 0.6) is 5.75 Å². The molecule has 5 aromatic rings. The van der Waals surface area contributed by atoms with Gasteiger partial charge in [-0.15, -0.1) is 0 Å². The molecular weight excluding hydrogens is 728 g/mol. The monoisotopic (exact) mass is 803 g/mol. The Bertz CT molecular complexity index is 2160. The van der Waals surface area contributed by atoms with Crippen LogP contribution in [0.1, 0.15) is 183 Å². The van der Waals surface area contributed by atoms with Crippen molar-refractivity contribution < 1.29 is 14.3 Å². The first kappa shape index (κ1) is 45.8. The number of fused-ring (bicyclic) bond motifs is 2. The lowest BCUT2D eigenvalue weighted by molar-refractivity contribution is 0.364. The molecule has 2 N–H and O–H groups in total. The lowest BCUT2D eigenvalue weighted by Crippen LogP contribution is -2.25. The second-order valence-corrected chi connectivity index (χ2v) is 23.9. The smallest absolute Gasteiger partial charge is 0.391 e. The third-order valence-corrected chi connectivity index (χ3v) is 12.2. The largest absolute Gasteiger partial charge is 0.426 e. The van der Waals surface area contributed by atoms with Crippen molar-refractivity contribution in [1.29, 1.82) is 0 Å². The summed E-state index contributed by atoms with van der Waals surface area (Å²) in [7, 11) is -2.73. The van der Waals surface area contributed by atoms with Gasteiger partial charge in [0.1, 0.15) is 5.75 Å². The Labute approximate surface area is 354 Å². The zero-order chi connectivity index (χ0) is 43.7. The molecule has 314 valence electrons. The molecule has 0 amide bonds. The van der Waals surface area contributed by atoms with E-state index in [9.17, 15) is 9.79 Å². The molecule has 0 saturated heterocycles. The lowest BCUT2D eigenvalue weighted by atomic mass is 9.67. The molecule has 5 aromatic carbocycles. The minimum Gasteiger partial charge on any atom is -0.426 e. The fourth-order valence-electron chi connectivity index (χ4n) is 8.76. The highest BCUT2D eigenvalue weighted by Gasteiger charge is 2.39. The average Bonchev–Trinajstić information content (AvgIpc) is 3.05. The Balaban J connectivity index is 2.17. The van der Waals surface area contributed by atoms with E-state index in [1.807, 2.05) is 0 Å². The van der Waals surface area contributed by atoms with Crippen molar-refractivity contribution in [2.24, 2.45) is 0 Å². The lowest BCUT2D eigenvalue weighted by Gasteiger charge is -2.38. The SMILES string of the molecule is CCCCc1c(-c2cc3ccc(C(C)(C)C)cc3cc2C(C)(C)C)c(C(C)(C)C)c(OP(O)O)c(C(C)(C)C)c1-c1cc2ccc(C(C)(C)C)cc2cc1C(C)(C)C. The van der Waals surface area contributed by atoms with Crippen molar-refractivity contribution in [2.75, 3.05) is 0 Å². The minimum atomic E-state index is -2.73. The molecule has 4 heteroatoms. The topological polar surface area (TPSA) is 49.7 Å². The summed E-state index contributed by atoms with van der Waals surface area (Å²) in [6.07, 6.45) is 2.93. The van der Waals surface area contributed by atoms with Gasteiger partial charge in [0.15, 0.2) is 0 Å². The molecule has 0 radical (unpaired) electrons. The Hall–Kier alpha value is -3.23. The molecule has 0 aliphatic carbocycles. The van der Waals surface area contributed by atoms with Crippen molar-refractivity contribution in [3.8, 4) is 28.0 Å². The molecule has 3 nitrogen and oxygen atoms in total. The predicted molar refractivity (Wildman–Crippen MR) is 255 cm³/mol. The van der Waals surface area contributed by atoms with Crippen LogP contribution in [-0.2, 0) is 38.9 Å². The van der Waals surface area contributed by atoms with Gasteiger partial charge >= 0.3 is 8.60 Å². The molecular formula is C54H75O3P. The van der Waals surface area contributed by atoms with Gasteiger partial charge in [-0.05, 0) is 141 Å². The van der Waals surface area contributed by atoms with E-state index in [1.54, 1.807) is 0 Å². The van der Waals surface area contributed by atoms with E-state index in [0.717, 1.165) is 30.4 Å². The van der Waals surface area contributed by atoms with Gasteiger partial charge in [0, 0.05) is 11.1 Å². The molecule has 0 heterocycles. The highest BCUT2D eigenvalue weighted by atomic mass is 31.2. The van der Waals surface area contributed by atoms with Crippen LogP contribution >= 0.6 is 8.60 Å². The molecule has 0 aromatic heterocycles. The van der Waals surface area contributed by atoms with Crippen LogP contribution in [0.3, 0.4) is 0 Å². The summed E-state index contributed by atoms with van der Waals surface area (Å²) >= 11 is 0. The van der Waals surface area contributed by atoms with Crippen LogP contribution in [0.4, 0.5) is 0 Å². The zero-order valence-corrected chi connectivity index (χ0v) is 40.5. The number of benzene rings is 5. The van der Waals surface area contributed by atoms with Crippen molar-refractivity contribution in [1.82, 2.24) is 0 Å². The number of rotatable bonds is 7. The van der Waals surface area contributed by atoms with E-state index in [2.05, 4.69) is 192 Å². The average molecular weight is 803 g/mol. The summed E-state index contributed by atoms with van der Waals surface area (Å²) in [6.45, 7) is 43.4. The van der Waals surface area contributed by atoms with Gasteiger partial charge < -0.3 is 14.3 Å². The highest BCUT2D eigenvalue weighted by molar-refractivity contribution is 7.39. The Morgan fingerprint density at radius 3 is 1.14 bits per heavy atom. The maximum atomic E-state index is 11.0. The number of hydrogen-bond acceptors (Lipinski definition) is 3. The first-order chi connectivity index (χ1) is 26.4. The quantitative estimate of drug-likeness (QED) is 0.161. The van der Waals surface area contributed by atoms with Crippen LogP contribution in [0.15, 0.2) is 60.7 Å². The zero-order valence-electron chi connectivity index (χ0n) is 39.6. The van der Waals surface area contributed by atoms with Gasteiger partial charge in [-0.25, -0.2) is 0 Å². The van der Waals surface area contributed by atoms with Crippen molar-refractivity contribution in [3.63, 3.8) is 0 Å². The van der Waals surface area contributed by atoms with Crippen molar-refractivity contribution >= 4 is 30.1 Å². The maximum absolute atomic E-state index is 11.0. The molecule has 0 aliphatic rings. The number of unbranched alkanes of at least 4 members (excludes halogenated alkanes) is 1. The third kappa shape index (κ3) is 9.38. The summed E-state index contributed by atoms with van der Waals surface area (Å²) in [5.41, 5.74) is 12.1. The fraction of sp³-hybridized carbons (Fsp3) is 0.519. The van der Waals surface area contributed by atoms with Crippen LogP contribution < -0.4 is 4.52 Å². The molecule has 0 spiro atoms. The minimum absolute atomic E-state index is 0.0251. The van der Waals surface area contributed by atoms with E-state index in [0.29, 0.717) is 5.75 Å². The molecule has 0 unspecified atom stereocenters. The summed E-state index contributed by atoms with van der Waals surface area (Å²) in [6, 6.07) is 23.6. The maximum Gasteiger partial charge on any atom is 0.391 e. The first-order valence-corrected chi connectivity index (χ1v) is 22.8. The Kier molecular flexibility index (Phi) is 12.4. The second-order valence-electron chi connectivity index (χ2n) is 23.2. The third-order valence-electron chi connectivity index (χ3n) is 11.9. The fourth-order valence-corrected chi connectivity index (χ4v) is 9.11. The summed E-state index contributed by atoms with van der Waals surface area (Å²) in [5.74, 6) is 0.604. The van der Waals surface area contributed by atoms with Gasteiger partial charge in [0.2, 0.25) is 0 Å². The molecule has 0 atom stereocenters. The highest BCUT2D eigenvalue weighted by Crippen LogP contribution is 2.57. The summed E-state index contributed by atoms with van der Waals surface area (Å²) in [5, 5.41) is 4.88. The van der Waals surface area contributed by atoms with E-state index < -0.39 is 19.4 Å². The molecule has 5 rings (SSSR count). The van der Waals surface area contributed by atoms with Crippen molar-refractivity contribution in [2.45, 2.75) is 183 Å². The van der Waals surface area contributed by atoms with Crippen LogP contribution in [0, 0.1) is 0 Å². The normalized spacial score (nSPS) is 13.6. The predicted octanol–water partition coefficient (Wildman–Crippen LogP) is 16.0. The van der Waals surface area contributed by atoms with E-state index in [4.69, 9.17) is 4.52 Å². The van der Waals surface area contributed by atoms with Gasteiger partial charge in [-0.2, -0.15) is 0 Å².